The molecule has 0 aromatic heterocycles. The van der Waals surface area contributed by atoms with E-state index in [2.05, 4.69) is 5.32 Å². The van der Waals surface area contributed by atoms with Gasteiger partial charge in [-0.05, 0) is 55.8 Å². The van der Waals surface area contributed by atoms with Crippen LogP contribution < -0.4 is 10.2 Å². The van der Waals surface area contributed by atoms with Crippen LogP contribution in [0.25, 0.3) is 0 Å². The molecule has 28 heavy (non-hydrogen) atoms. The van der Waals surface area contributed by atoms with Crippen LogP contribution in [0, 0.1) is 6.92 Å². The van der Waals surface area contributed by atoms with Gasteiger partial charge in [0.25, 0.3) is 11.8 Å². The molecule has 2 amide bonds. The third-order valence-electron chi connectivity index (χ3n) is 4.11. The Kier molecular flexibility index (Phi) is 5.72. The number of benzene rings is 2. The molecule has 2 aromatic carbocycles. The maximum atomic E-state index is 12.8. The number of ether oxygens (including phenoxy) is 1. The second kappa shape index (κ2) is 8.04. The first-order valence-electron chi connectivity index (χ1n) is 8.42. The van der Waals surface area contributed by atoms with Crippen molar-refractivity contribution >= 4 is 52.4 Å². The van der Waals surface area contributed by atoms with Gasteiger partial charge in [-0.1, -0.05) is 29.3 Å². The average Bonchev–Trinajstić information content (AvgIpc) is 2.88. The fraction of sp³-hybridized carbons (Fsp3) is 0.150. The van der Waals surface area contributed by atoms with Gasteiger partial charge in [0.1, 0.15) is 10.7 Å². The van der Waals surface area contributed by atoms with E-state index >= 15 is 0 Å². The van der Waals surface area contributed by atoms with Crippen molar-refractivity contribution in [3.8, 4) is 0 Å². The van der Waals surface area contributed by atoms with E-state index in [1.807, 2.05) is 6.92 Å². The molecule has 1 aliphatic rings. The Labute approximate surface area is 171 Å². The summed E-state index contributed by atoms with van der Waals surface area (Å²) < 4.78 is 4.92. The van der Waals surface area contributed by atoms with E-state index < -0.39 is 17.8 Å². The number of carbonyl (C=O) groups is 3. The lowest BCUT2D eigenvalue weighted by Crippen LogP contribution is -2.32. The van der Waals surface area contributed by atoms with Gasteiger partial charge < -0.3 is 10.1 Å². The van der Waals surface area contributed by atoms with Gasteiger partial charge in [0, 0.05) is 10.7 Å². The number of hydrogen-bond donors (Lipinski definition) is 1. The third kappa shape index (κ3) is 3.74. The smallest absolute Gasteiger partial charge is 0.338 e. The van der Waals surface area contributed by atoms with Crippen molar-refractivity contribution in [2.45, 2.75) is 13.8 Å². The molecule has 144 valence electrons. The summed E-state index contributed by atoms with van der Waals surface area (Å²) in [5.41, 5.74) is 1.97. The molecule has 0 spiro atoms. The van der Waals surface area contributed by atoms with Gasteiger partial charge in [-0.15, -0.1) is 0 Å². The molecule has 1 N–H and O–H groups in total. The van der Waals surface area contributed by atoms with Crippen LogP contribution in [0.2, 0.25) is 5.02 Å². The Morgan fingerprint density at radius 1 is 1.07 bits per heavy atom. The van der Waals surface area contributed by atoms with E-state index in [9.17, 15) is 14.4 Å². The van der Waals surface area contributed by atoms with E-state index in [1.165, 1.54) is 6.07 Å². The Morgan fingerprint density at radius 2 is 1.75 bits per heavy atom. The topological polar surface area (TPSA) is 75.7 Å². The van der Waals surface area contributed by atoms with Crippen molar-refractivity contribution in [1.82, 2.24) is 0 Å². The predicted octanol–water partition coefficient (Wildman–Crippen LogP) is 4.26. The molecule has 8 heteroatoms. The number of nitrogens with zero attached hydrogens (tertiary/aromatic N) is 1. The summed E-state index contributed by atoms with van der Waals surface area (Å²) in [6.07, 6.45) is 0. The monoisotopic (exact) mass is 418 g/mol. The molecule has 0 saturated heterocycles. The normalized spacial score (nSPS) is 13.9. The number of nitrogens with one attached hydrogen (secondary N) is 1. The van der Waals surface area contributed by atoms with Crippen molar-refractivity contribution in [3.05, 3.63) is 69.3 Å². The summed E-state index contributed by atoms with van der Waals surface area (Å²) in [5.74, 6) is -1.68. The molecular formula is C20H16Cl2N2O4. The average molecular weight is 419 g/mol. The number of esters is 1. The molecule has 3 rings (SSSR count). The highest BCUT2D eigenvalue weighted by molar-refractivity contribution is 6.53. The van der Waals surface area contributed by atoms with Crippen LogP contribution >= 0.6 is 23.2 Å². The number of anilines is 2. The van der Waals surface area contributed by atoms with Crippen LogP contribution in [0.1, 0.15) is 22.8 Å². The zero-order valence-corrected chi connectivity index (χ0v) is 16.6. The number of hydrogen-bond acceptors (Lipinski definition) is 5. The number of rotatable bonds is 5. The zero-order valence-electron chi connectivity index (χ0n) is 15.1. The minimum atomic E-state index is -0.641. The number of halogens is 2. The van der Waals surface area contributed by atoms with Gasteiger partial charge in [0.2, 0.25) is 0 Å². The Balaban J connectivity index is 1.82. The van der Waals surface area contributed by atoms with Crippen molar-refractivity contribution in [2.75, 3.05) is 16.8 Å². The molecule has 1 aliphatic heterocycles. The Hall–Kier alpha value is -2.83. The van der Waals surface area contributed by atoms with Gasteiger partial charge in [0.05, 0.1) is 17.9 Å². The molecule has 0 saturated carbocycles. The maximum absolute atomic E-state index is 12.8. The van der Waals surface area contributed by atoms with Gasteiger partial charge in [-0.25, -0.2) is 9.69 Å². The summed E-state index contributed by atoms with van der Waals surface area (Å²) in [4.78, 5) is 37.9. The lowest BCUT2D eigenvalue weighted by atomic mass is 10.2. The van der Waals surface area contributed by atoms with E-state index in [0.29, 0.717) is 22.0 Å². The number of carbonyl (C=O) groups excluding carboxylic acids is 3. The molecule has 6 nitrogen and oxygen atoms in total. The minimum absolute atomic E-state index is 0.0488. The molecule has 0 bridgehead atoms. The van der Waals surface area contributed by atoms with Crippen molar-refractivity contribution in [1.29, 1.82) is 0 Å². The largest absolute Gasteiger partial charge is 0.462 e. The molecule has 0 aliphatic carbocycles. The van der Waals surface area contributed by atoms with Gasteiger partial charge >= 0.3 is 5.97 Å². The Bertz CT molecular complexity index is 1000. The van der Waals surface area contributed by atoms with Crippen molar-refractivity contribution < 1.29 is 19.1 Å². The Morgan fingerprint density at radius 3 is 2.36 bits per heavy atom. The highest BCUT2D eigenvalue weighted by Crippen LogP contribution is 2.32. The minimum Gasteiger partial charge on any atom is -0.462 e. The summed E-state index contributed by atoms with van der Waals surface area (Å²) in [5, 5.41) is 3.05. The summed E-state index contributed by atoms with van der Waals surface area (Å²) in [6, 6.07) is 11.2. The van der Waals surface area contributed by atoms with E-state index in [0.717, 1.165) is 10.5 Å². The first-order chi connectivity index (χ1) is 13.3. The molecule has 0 fully saturated rings. The fourth-order valence-electron chi connectivity index (χ4n) is 2.62. The third-order valence-corrected chi connectivity index (χ3v) is 4.86. The van der Waals surface area contributed by atoms with E-state index in [-0.39, 0.29) is 17.3 Å². The van der Waals surface area contributed by atoms with Crippen LogP contribution in [-0.2, 0) is 14.3 Å². The van der Waals surface area contributed by atoms with Crippen molar-refractivity contribution in [2.24, 2.45) is 0 Å². The predicted molar refractivity (Wildman–Crippen MR) is 108 cm³/mol. The lowest BCUT2D eigenvalue weighted by Gasteiger charge is -2.16. The number of aryl methyl sites for hydroxylation is 1. The van der Waals surface area contributed by atoms with Crippen LogP contribution in [0.5, 0.6) is 0 Å². The summed E-state index contributed by atoms with van der Waals surface area (Å²) in [6.45, 7) is 3.81. The van der Waals surface area contributed by atoms with E-state index in [4.69, 9.17) is 27.9 Å². The first-order valence-corrected chi connectivity index (χ1v) is 9.18. The second-order valence-electron chi connectivity index (χ2n) is 5.99. The van der Waals surface area contributed by atoms with Crippen LogP contribution in [0.4, 0.5) is 11.4 Å². The number of amides is 2. The molecule has 0 atom stereocenters. The maximum Gasteiger partial charge on any atom is 0.338 e. The van der Waals surface area contributed by atoms with Crippen LogP contribution in [0.15, 0.2) is 53.2 Å². The van der Waals surface area contributed by atoms with Gasteiger partial charge in [-0.2, -0.15) is 0 Å². The van der Waals surface area contributed by atoms with Crippen molar-refractivity contribution in [3.63, 3.8) is 0 Å². The lowest BCUT2D eigenvalue weighted by molar-refractivity contribution is -0.120. The molecular weight excluding hydrogens is 403 g/mol. The van der Waals surface area contributed by atoms with Crippen LogP contribution in [0.3, 0.4) is 0 Å². The summed E-state index contributed by atoms with van der Waals surface area (Å²) >= 11 is 12.2. The van der Waals surface area contributed by atoms with Crippen LogP contribution in [-0.4, -0.2) is 24.4 Å². The highest BCUT2D eigenvalue weighted by Gasteiger charge is 2.39. The van der Waals surface area contributed by atoms with E-state index in [1.54, 1.807) is 43.3 Å². The zero-order chi connectivity index (χ0) is 20.4. The summed E-state index contributed by atoms with van der Waals surface area (Å²) in [7, 11) is 0. The fourth-order valence-corrected chi connectivity index (χ4v) is 3.00. The molecule has 2 aromatic rings. The highest BCUT2D eigenvalue weighted by atomic mass is 35.5. The SMILES string of the molecule is CCOC(=O)c1ccc(NC2=C(Cl)C(=O)N(c3ccc(C)c(Cl)c3)C2=O)cc1. The van der Waals surface area contributed by atoms with Gasteiger partial charge in [-0.3, -0.25) is 9.59 Å². The second-order valence-corrected chi connectivity index (χ2v) is 6.78. The standard InChI is InChI=1S/C20H16Cl2N2O4/c1-3-28-20(27)12-5-7-13(8-6-12)23-17-16(22)18(25)24(19(17)26)14-9-4-11(2)15(21)10-14/h4-10,23H,3H2,1-2H3. The molecule has 0 radical (unpaired) electrons. The molecule has 1 heterocycles. The van der Waals surface area contributed by atoms with Gasteiger partial charge in [0.15, 0.2) is 0 Å². The quantitative estimate of drug-likeness (QED) is 0.579. The number of imide groups is 1. The first kappa shape index (κ1) is 19.9. The molecule has 0 unspecified atom stereocenters.